The Hall–Kier alpha value is -3.37. The molecule has 0 aliphatic heterocycles. The Kier molecular flexibility index (Phi) is 44.1. The third-order valence-corrected chi connectivity index (χ3v) is 10.5. The maximum Gasteiger partial charge on any atom is 0.472 e. The zero-order valence-corrected chi connectivity index (χ0v) is 40.0. The van der Waals surface area contributed by atoms with Crippen LogP contribution in [0.1, 0.15) is 168 Å². The molecule has 63 heavy (non-hydrogen) atoms. The van der Waals surface area contributed by atoms with E-state index in [1.54, 1.807) is 0 Å². The third-order valence-electron chi connectivity index (χ3n) is 9.55. The Labute approximate surface area is 382 Å². The van der Waals surface area contributed by atoms with Crippen LogP contribution in [0.25, 0.3) is 0 Å². The van der Waals surface area contributed by atoms with E-state index in [-0.39, 0.29) is 13.0 Å². The Morgan fingerprint density at radius 3 is 1.38 bits per heavy atom. The summed E-state index contributed by atoms with van der Waals surface area (Å²) in [4.78, 5) is 33.6. The molecule has 4 N–H and O–H groups in total. The summed E-state index contributed by atoms with van der Waals surface area (Å²) in [5.41, 5.74) is 5.36. The van der Waals surface area contributed by atoms with Crippen molar-refractivity contribution in [2.24, 2.45) is 5.73 Å². The molecule has 358 valence electrons. The van der Waals surface area contributed by atoms with Crippen LogP contribution in [-0.4, -0.2) is 60.5 Å². The molecule has 10 nitrogen and oxygen atoms in total. The number of hydrogen-bond donors (Lipinski definition) is 3. The number of allylic oxidation sites excluding steroid dienone is 18. The summed E-state index contributed by atoms with van der Waals surface area (Å²) < 4.78 is 33.3. The molecular weight excluding hydrogens is 814 g/mol. The SMILES string of the molecule is CC/C=C\C/C=C\C/C=C\C/C=C\C/C=C\C/C=C\CCC(=O)OC(COCCCCCCCCC/C=C\C/C=C\C/C=C\CCCCCCC)COP(=O)(O)OCC(N)C(=O)O. The van der Waals surface area contributed by atoms with E-state index in [4.69, 9.17) is 29.4 Å². The number of carboxylic acids is 1. The van der Waals surface area contributed by atoms with Gasteiger partial charge in [-0.2, -0.15) is 0 Å². The van der Waals surface area contributed by atoms with Crippen LogP contribution in [0.5, 0.6) is 0 Å². The van der Waals surface area contributed by atoms with Crippen molar-refractivity contribution in [1.29, 1.82) is 0 Å². The molecule has 0 saturated heterocycles. The number of esters is 1. The molecule has 0 radical (unpaired) electrons. The molecule has 0 saturated carbocycles. The van der Waals surface area contributed by atoms with Gasteiger partial charge in [-0.05, 0) is 89.9 Å². The average molecular weight is 900 g/mol. The molecule has 0 heterocycles. The zero-order chi connectivity index (χ0) is 46.2. The summed E-state index contributed by atoms with van der Waals surface area (Å²) in [5, 5.41) is 8.92. The second-order valence-corrected chi connectivity index (χ2v) is 17.0. The van der Waals surface area contributed by atoms with E-state index < -0.39 is 45.1 Å². The first kappa shape index (κ1) is 59.6. The lowest BCUT2D eigenvalue weighted by Gasteiger charge is -2.20. The van der Waals surface area contributed by atoms with Gasteiger partial charge in [0.25, 0.3) is 0 Å². The molecular formula is C52H86NO9P. The molecule has 0 fully saturated rings. The monoisotopic (exact) mass is 900 g/mol. The van der Waals surface area contributed by atoms with Crippen LogP contribution in [0.4, 0.5) is 0 Å². The molecule has 0 rings (SSSR count). The highest BCUT2D eigenvalue weighted by Crippen LogP contribution is 2.43. The Bertz CT molecular complexity index is 1410. The average Bonchev–Trinajstić information content (AvgIpc) is 3.26. The lowest BCUT2D eigenvalue weighted by atomic mass is 10.1. The highest BCUT2D eigenvalue weighted by Gasteiger charge is 2.27. The number of nitrogens with two attached hydrogens (primary N) is 1. The minimum absolute atomic E-state index is 0.0279. The van der Waals surface area contributed by atoms with Crippen molar-refractivity contribution in [1.82, 2.24) is 0 Å². The van der Waals surface area contributed by atoms with Crippen LogP contribution >= 0.6 is 7.82 Å². The Morgan fingerprint density at radius 1 is 0.524 bits per heavy atom. The van der Waals surface area contributed by atoms with E-state index in [1.807, 2.05) is 12.2 Å². The number of ether oxygens (including phenoxy) is 2. The summed E-state index contributed by atoms with van der Waals surface area (Å²) in [6.45, 7) is 3.62. The fraction of sp³-hybridized carbons (Fsp3) is 0.615. The van der Waals surface area contributed by atoms with E-state index >= 15 is 0 Å². The lowest BCUT2D eigenvalue weighted by molar-refractivity contribution is -0.154. The molecule has 3 atom stereocenters. The van der Waals surface area contributed by atoms with E-state index in [0.29, 0.717) is 13.0 Å². The van der Waals surface area contributed by atoms with Crippen molar-refractivity contribution >= 4 is 19.8 Å². The van der Waals surface area contributed by atoms with Crippen molar-refractivity contribution in [2.75, 3.05) is 26.4 Å². The van der Waals surface area contributed by atoms with Gasteiger partial charge in [-0.1, -0.05) is 181 Å². The molecule has 0 amide bonds. The fourth-order valence-electron chi connectivity index (χ4n) is 5.87. The van der Waals surface area contributed by atoms with Crippen molar-refractivity contribution < 1.29 is 42.7 Å². The largest absolute Gasteiger partial charge is 0.480 e. The van der Waals surface area contributed by atoms with Gasteiger partial charge in [-0.3, -0.25) is 18.6 Å². The van der Waals surface area contributed by atoms with Crippen LogP contribution in [-0.2, 0) is 32.7 Å². The van der Waals surface area contributed by atoms with Crippen LogP contribution in [0.15, 0.2) is 109 Å². The first-order valence-electron chi connectivity index (χ1n) is 23.9. The third kappa shape index (κ3) is 46.4. The van der Waals surface area contributed by atoms with Crippen molar-refractivity contribution in [2.45, 2.75) is 180 Å². The van der Waals surface area contributed by atoms with E-state index in [9.17, 15) is 19.0 Å². The molecule has 0 aliphatic rings. The number of carbonyl (C=O) groups excluding carboxylic acids is 1. The quantitative estimate of drug-likeness (QED) is 0.0233. The Balaban J connectivity index is 4.35. The molecule has 11 heteroatoms. The number of carbonyl (C=O) groups is 2. The second-order valence-electron chi connectivity index (χ2n) is 15.5. The summed E-state index contributed by atoms with van der Waals surface area (Å²) in [7, 11) is -4.65. The van der Waals surface area contributed by atoms with Crippen LogP contribution in [0.2, 0.25) is 0 Å². The van der Waals surface area contributed by atoms with E-state index in [2.05, 4.69) is 111 Å². The first-order chi connectivity index (χ1) is 30.7. The predicted molar refractivity (Wildman–Crippen MR) is 262 cm³/mol. The molecule has 0 bridgehead atoms. The van der Waals surface area contributed by atoms with E-state index in [0.717, 1.165) is 77.0 Å². The number of phosphoric ester groups is 1. The normalized spacial score (nSPS) is 14.7. The molecule has 3 unspecified atom stereocenters. The van der Waals surface area contributed by atoms with Gasteiger partial charge in [-0.15, -0.1) is 0 Å². The molecule has 0 aliphatic carbocycles. The zero-order valence-electron chi connectivity index (χ0n) is 39.1. The first-order valence-corrected chi connectivity index (χ1v) is 25.4. The van der Waals surface area contributed by atoms with Gasteiger partial charge in [0.05, 0.1) is 19.8 Å². The summed E-state index contributed by atoms with van der Waals surface area (Å²) in [6.07, 6.45) is 63.0. The number of hydrogen-bond acceptors (Lipinski definition) is 8. The standard InChI is InChI=1S/C52H86NO9P/c1-3-5-7-9-11-13-15-17-19-21-23-24-25-27-29-31-33-35-37-39-41-43-45-59-46-49(47-60-63(57,58)61-48-50(53)52(55)56)62-51(54)44-42-40-38-36-34-32-30-28-26-22-20-18-16-14-12-10-8-6-4-2/h6,8,12,14-15,17-18,20-21,23,25-28,32,34,38,40,49-50H,3-5,7,9-11,13,16,19,22,24,29-31,33,35-37,39,41-48,53H2,1-2H3,(H,55,56)(H,57,58)/b8-6-,14-12-,17-15-,20-18-,23-21-,27-25-,28-26-,34-32-,40-38-. The fourth-order valence-corrected chi connectivity index (χ4v) is 6.65. The van der Waals surface area contributed by atoms with Crippen LogP contribution in [0, 0.1) is 0 Å². The summed E-state index contributed by atoms with van der Waals surface area (Å²) in [5.74, 6) is -1.88. The van der Waals surface area contributed by atoms with Crippen molar-refractivity contribution in [3.8, 4) is 0 Å². The van der Waals surface area contributed by atoms with E-state index in [1.165, 1.54) is 64.2 Å². The minimum atomic E-state index is -4.65. The molecule has 0 spiro atoms. The van der Waals surface area contributed by atoms with Gasteiger partial charge in [0.1, 0.15) is 12.1 Å². The number of aliphatic carboxylic acids is 1. The summed E-state index contributed by atoms with van der Waals surface area (Å²) >= 11 is 0. The maximum atomic E-state index is 12.6. The smallest absolute Gasteiger partial charge is 0.472 e. The Morgan fingerprint density at radius 2 is 0.921 bits per heavy atom. The highest BCUT2D eigenvalue weighted by atomic mass is 31.2. The van der Waals surface area contributed by atoms with Gasteiger partial charge in [-0.25, -0.2) is 4.57 Å². The number of carboxylic acid groups (broad SMARTS) is 1. The second kappa shape index (κ2) is 46.6. The topological polar surface area (TPSA) is 155 Å². The van der Waals surface area contributed by atoms with Gasteiger partial charge in [0.15, 0.2) is 0 Å². The number of rotatable bonds is 44. The van der Waals surface area contributed by atoms with Crippen molar-refractivity contribution in [3.05, 3.63) is 109 Å². The molecule has 0 aromatic rings. The van der Waals surface area contributed by atoms with Gasteiger partial charge < -0.3 is 25.2 Å². The minimum Gasteiger partial charge on any atom is -0.480 e. The molecule has 0 aromatic heterocycles. The molecule has 0 aromatic carbocycles. The van der Waals surface area contributed by atoms with Gasteiger partial charge in [0, 0.05) is 13.0 Å². The maximum absolute atomic E-state index is 12.6. The van der Waals surface area contributed by atoms with Gasteiger partial charge >= 0.3 is 19.8 Å². The number of phosphoric acid groups is 1. The summed E-state index contributed by atoms with van der Waals surface area (Å²) in [6, 6.07) is -1.49. The lowest BCUT2D eigenvalue weighted by Crippen LogP contribution is -2.34. The van der Waals surface area contributed by atoms with Crippen LogP contribution in [0.3, 0.4) is 0 Å². The van der Waals surface area contributed by atoms with Crippen LogP contribution < -0.4 is 5.73 Å². The van der Waals surface area contributed by atoms with Crippen molar-refractivity contribution in [3.63, 3.8) is 0 Å². The number of unbranched alkanes of at least 4 members (excludes halogenated alkanes) is 12. The highest BCUT2D eigenvalue weighted by molar-refractivity contribution is 7.47. The predicted octanol–water partition coefficient (Wildman–Crippen LogP) is 13.9. The van der Waals surface area contributed by atoms with Gasteiger partial charge in [0.2, 0.25) is 0 Å².